The maximum absolute atomic E-state index is 12.4. The van der Waals surface area contributed by atoms with Gasteiger partial charge in [0.2, 0.25) is 5.91 Å². The van der Waals surface area contributed by atoms with Gasteiger partial charge in [0.1, 0.15) is 11.4 Å². The monoisotopic (exact) mass is 327 g/mol. The highest BCUT2D eigenvalue weighted by atomic mass is 16.5. The van der Waals surface area contributed by atoms with E-state index in [1.165, 1.54) is 0 Å². The lowest BCUT2D eigenvalue weighted by atomic mass is 9.87. The predicted molar refractivity (Wildman–Crippen MR) is 88.5 cm³/mol. The zero-order valence-corrected chi connectivity index (χ0v) is 13.6. The molecule has 1 aromatic heterocycles. The molecule has 4 rings (SSSR count). The number of nitrogens with one attached hydrogen (secondary N) is 1. The molecule has 2 aliphatic rings. The number of aromatic nitrogens is 2. The van der Waals surface area contributed by atoms with Gasteiger partial charge < -0.3 is 14.6 Å². The van der Waals surface area contributed by atoms with E-state index < -0.39 is 5.60 Å². The van der Waals surface area contributed by atoms with E-state index >= 15 is 0 Å². The second-order valence-corrected chi connectivity index (χ2v) is 6.64. The second-order valence-electron chi connectivity index (χ2n) is 6.64. The summed E-state index contributed by atoms with van der Waals surface area (Å²) in [7, 11) is 0. The van der Waals surface area contributed by atoms with Crippen LogP contribution in [0.2, 0.25) is 0 Å². The lowest BCUT2D eigenvalue weighted by Gasteiger charge is -2.37. The summed E-state index contributed by atoms with van der Waals surface area (Å²) in [5.41, 5.74) is 1.29. The molecule has 24 heavy (non-hydrogen) atoms. The summed E-state index contributed by atoms with van der Waals surface area (Å²) in [4.78, 5) is 34.2. The minimum Gasteiger partial charge on any atom is -0.367 e. The Balaban J connectivity index is 1.35. The molecule has 2 aromatic rings. The number of H-pyrrole nitrogens is 1. The van der Waals surface area contributed by atoms with E-state index in [0.29, 0.717) is 32.4 Å². The normalized spacial score (nSPS) is 24.2. The summed E-state index contributed by atoms with van der Waals surface area (Å²) in [6.07, 6.45) is 3.28. The Labute approximate surface area is 140 Å². The van der Waals surface area contributed by atoms with Crippen molar-refractivity contribution in [2.45, 2.75) is 37.7 Å². The summed E-state index contributed by atoms with van der Waals surface area (Å²) in [6, 6.07) is 7.81. The number of ether oxygens (including phenoxy) is 1. The Kier molecular flexibility index (Phi) is 3.84. The molecule has 1 spiro atoms. The molecule has 2 saturated heterocycles. The number of para-hydroxylation sites is 2. The van der Waals surface area contributed by atoms with Gasteiger partial charge >= 0.3 is 0 Å². The molecule has 1 atom stereocenters. The number of carbonyl (C=O) groups excluding carboxylic acids is 2. The van der Waals surface area contributed by atoms with Crippen molar-refractivity contribution in [1.82, 2.24) is 14.9 Å². The first-order valence-electron chi connectivity index (χ1n) is 8.55. The van der Waals surface area contributed by atoms with E-state index in [0.717, 1.165) is 29.7 Å². The van der Waals surface area contributed by atoms with Gasteiger partial charge in [-0.1, -0.05) is 12.1 Å². The number of hydrogen-bond acceptors (Lipinski definition) is 4. The molecule has 126 valence electrons. The van der Waals surface area contributed by atoms with Crippen LogP contribution in [0.25, 0.3) is 11.0 Å². The average molecular weight is 327 g/mol. The Morgan fingerprint density at radius 1 is 1.33 bits per heavy atom. The molecular weight excluding hydrogens is 306 g/mol. The van der Waals surface area contributed by atoms with E-state index in [-0.39, 0.29) is 18.2 Å². The van der Waals surface area contributed by atoms with Crippen molar-refractivity contribution < 1.29 is 14.3 Å². The standard InChI is InChI=1S/C18H21N3O3/c22-15-12-21(10-9-18(15)8-3-11-24-18)17(23)7-6-16-19-13-4-1-2-5-14(13)20-16/h1-2,4-5H,3,6-12H2,(H,19,20). The topological polar surface area (TPSA) is 75.3 Å². The quantitative estimate of drug-likeness (QED) is 0.933. The van der Waals surface area contributed by atoms with Crippen LogP contribution in [0.5, 0.6) is 0 Å². The van der Waals surface area contributed by atoms with Crippen LogP contribution in [0.15, 0.2) is 24.3 Å². The molecule has 3 heterocycles. The second kappa shape index (κ2) is 6.02. The molecule has 6 nitrogen and oxygen atoms in total. The van der Waals surface area contributed by atoms with Crippen LogP contribution in [0.4, 0.5) is 0 Å². The number of piperidine rings is 1. The van der Waals surface area contributed by atoms with Crippen molar-refractivity contribution in [2.24, 2.45) is 0 Å². The highest BCUT2D eigenvalue weighted by molar-refractivity contribution is 5.93. The molecule has 2 fully saturated rings. The average Bonchev–Trinajstić information content (AvgIpc) is 3.22. The van der Waals surface area contributed by atoms with E-state index in [4.69, 9.17) is 4.74 Å². The molecule has 0 saturated carbocycles. The third-order valence-corrected chi connectivity index (χ3v) is 5.10. The maximum Gasteiger partial charge on any atom is 0.223 e. The smallest absolute Gasteiger partial charge is 0.223 e. The van der Waals surface area contributed by atoms with Gasteiger partial charge in [0, 0.05) is 32.4 Å². The summed E-state index contributed by atoms with van der Waals surface area (Å²) < 4.78 is 5.68. The van der Waals surface area contributed by atoms with Crippen molar-refractivity contribution in [2.75, 3.05) is 19.7 Å². The number of amides is 1. The molecule has 0 radical (unpaired) electrons. The third-order valence-electron chi connectivity index (χ3n) is 5.10. The molecule has 0 aliphatic carbocycles. The first kappa shape index (κ1) is 15.3. The van der Waals surface area contributed by atoms with Gasteiger partial charge in [-0.3, -0.25) is 9.59 Å². The van der Waals surface area contributed by atoms with Crippen molar-refractivity contribution in [1.29, 1.82) is 0 Å². The lowest BCUT2D eigenvalue weighted by Crippen LogP contribution is -2.53. The van der Waals surface area contributed by atoms with Gasteiger partial charge in [0.05, 0.1) is 17.6 Å². The van der Waals surface area contributed by atoms with Crippen LogP contribution in [0.1, 0.15) is 31.5 Å². The number of hydrogen-bond donors (Lipinski definition) is 1. The molecular formula is C18H21N3O3. The Bertz CT molecular complexity index is 744. The van der Waals surface area contributed by atoms with Crippen LogP contribution in [0, 0.1) is 0 Å². The van der Waals surface area contributed by atoms with Gasteiger partial charge in [0.25, 0.3) is 0 Å². The van der Waals surface area contributed by atoms with Crippen LogP contribution in [0.3, 0.4) is 0 Å². The van der Waals surface area contributed by atoms with E-state index in [2.05, 4.69) is 9.97 Å². The van der Waals surface area contributed by atoms with Crippen molar-refractivity contribution in [3.05, 3.63) is 30.1 Å². The van der Waals surface area contributed by atoms with E-state index in [9.17, 15) is 9.59 Å². The summed E-state index contributed by atoms with van der Waals surface area (Å²) in [6.45, 7) is 1.44. The van der Waals surface area contributed by atoms with Gasteiger partial charge in [-0.05, 0) is 25.0 Å². The predicted octanol–water partition coefficient (Wildman–Crippen LogP) is 1.85. The van der Waals surface area contributed by atoms with E-state index in [1.807, 2.05) is 24.3 Å². The van der Waals surface area contributed by atoms with Gasteiger partial charge in [0.15, 0.2) is 5.78 Å². The number of carbonyl (C=O) groups is 2. The number of imidazole rings is 1. The Hall–Kier alpha value is -2.21. The SMILES string of the molecule is O=C(CCc1nc2ccccc2[nH]1)N1CCC2(CCCO2)C(=O)C1. The van der Waals surface area contributed by atoms with Crippen LogP contribution >= 0.6 is 0 Å². The molecule has 2 aliphatic heterocycles. The number of fused-ring (bicyclic) bond motifs is 1. The van der Waals surface area contributed by atoms with Crippen LogP contribution in [-0.2, 0) is 20.7 Å². The van der Waals surface area contributed by atoms with E-state index in [1.54, 1.807) is 4.90 Å². The summed E-state index contributed by atoms with van der Waals surface area (Å²) in [5, 5.41) is 0. The minimum absolute atomic E-state index is 0.0108. The lowest BCUT2D eigenvalue weighted by molar-refractivity contribution is -0.152. The number of aromatic amines is 1. The van der Waals surface area contributed by atoms with Gasteiger partial charge in [-0.15, -0.1) is 0 Å². The van der Waals surface area contributed by atoms with Crippen LogP contribution < -0.4 is 0 Å². The first-order chi connectivity index (χ1) is 11.7. The number of benzene rings is 1. The van der Waals surface area contributed by atoms with Gasteiger partial charge in [-0.2, -0.15) is 0 Å². The third kappa shape index (κ3) is 2.71. The van der Waals surface area contributed by atoms with Gasteiger partial charge in [-0.25, -0.2) is 4.98 Å². The highest BCUT2D eigenvalue weighted by Crippen LogP contribution is 2.33. The Morgan fingerprint density at radius 2 is 2.21 bits per heavy atom. The Morgan fingerprint density at radius 3 is 2.96 bits per heavy atom. The molecule has 6 heteroatoms. The minimum atomic E-state index is -0.602. The number of nitrogens with zero attached hydrogens (tertiary/aromatic N) is 2. The first-order valence-corrected chi connectivity index (χ1v) is 8.55. The number of rotatable bonds is 3. The molecule has 1 N–H and O–H groups in total. The van der Waals surface area contributed by atoms with Crippen molar-refractivity contribution in [3.63, 3.8) is 0 Å². The van der Waals surface area contributed by atoms with Crippen molar-refractivity contribution in [3.8, 4) is 0 Å². The summed E-state index contributed by atoms with van der Waals surface area (Å²) in [5.74, 6) is 0.878. The van der Waals surface area contributed by atoms with Crippen molar-refractivity contribution >= 4 is 22.7 Å². The largest absolute Gasteiger partial charge is 0.367 e. The zero-order valence-electron chi connectivity index (χ0n) is 13.6. The summed E-state index contributed by atoms with van der Waals surface area (Å²) >= 11 is 0. The van der Waals surface area contributed by atoms with Crippen LogP contribution in [-0.4, -0.2) is 51.9 Å². The molecule has 1 unspecified atom stereocenters. The fourth-order valence-electron chi connectivity index (χ4n) is 3.69. The fraction of sp³-hybridized carbons (Fsp3) is 0.500. The zero-order chi connectivity index (χ0) is 16.6. The number of likely N-dealkylation sites (tertiary alicyclic amines) is 1. The molecule has 0 bridgehead atoms. The maximum atomic E-state index is 12.4. The number of Topliss-reactive ketones (excluding diaryl/α,β-unsaturated/α-hetero) is 1. The highest BCUT2D eigenvalue weighted by Gasteiger charge is 2.46. The number of ketones is 1. The number of aryl methyl sites for hydroxylation is 1. The molecule has 1 amide bonds. The molecule has 1 aromatic carbocycles. The fourth-order valence-corrected chi connectivity index (χ4v) is 3.69.